The average Bonchev–Trinajstić information content (AvgIpc) is 2.56. The molecule has 1 atom stereocenters. The third-order valence-corrected chi connectivity index (χ3v) is 3.16. The molecule has 0 bridgehead atoms. The maximum Gasteiger partial charge on any atom is 0.413 e. The molecule has 0 aromatic heterocycles. The van der Waals surface area contributed by atoms with Crippen LogP contribution in [0.5, 0.6) is 11.5 Å². The van der Waals surface area contributed by atoms with Crippen LogP contribution in [0.25, 0.3) is 0 Å². The van der Waals surface area contributed by atoms with E-state index in [0.717, 1.165) is 5.56 Å². The molecule has 0 heterocycles. The molecule has 1 N–H and O–H groups in total. The van der Waals surface area contributed by atoms with Crippen LogP contribution < -0.4 is 14.8 Å². The second kappa shape index (κ2) is 7.88. The lowest BCUT2D eigenvalue weighted by atomic mass is 10.1. The van der Waals surface area contributed by atoms with Gasteiger partial charge in [0.2, 0.25) is 0 Å². The molecular weight excluding hydrogens is 278 g/mol. The zero-order valence-corrected chi connectivity index (χ0v) is 12.5. The highest BCUT2D eigenvalue weighted by atomic mass is 16.6. The quantitative estimate of drug-likeness (QED) is 0.829. The van der Waals surface area contributed by atoms with Crippen molar-refractivity contribution in [1.29, 1.82) is 0 Å². The first-order chi connectivity index (χ1) is 10.7. The molecule has 0 aliphatic heterocycles. The first-order valence-electron chi connectivity index (χ1n) is 7.00. The van der Waals surface area contributed by atoms with E-state index in [0.29, 0.717) is 17.9 Å². The first kappa shape index (κ1) is 15.6. The van der Waals surface area contributed by atoms with E-state index in [2.05, 4.69) is 11.9 Å². The van der Waals surface area contributed by atoms with Gasteiger partial charge in [-0.15, -0.1) is 6.58 Å². The SMILES string of the molecule is C=CC(Cc1ccccc1)NC(=O)Oc1ccc(OC)cc1. The van der Waals surface area contributed by atoms with Gasteiger partial charge in [-0.05, 0) is 36.2 Å². The van der Waals surface area contributed by atoms with Gasteiger partial charge in [0.1, 0.15) is 11.5 Å². The smallest absolute Gasteiger partial charge is 0.413 e. The van der Waals surface area contributed by atoms with Gasteiger partial charge in [0.15, 0.2) is 0 Å². The molecule has 0 aliphatic rings. The molecule has 0 radical (unpaired) electrons. The van der Waals surface area contributed by atoms with Crippen LogP contribution in [0.4, 0.5) is 4.79 Å². The van der Waals surface area contributed by atoms with Crippen molar-refractivity contribution in [2.75, 3.05) is 7.11 Å². The predicted molar refractivity (Wildman–Crippen MR) is 86.3 cm³/mol. The Morgan fingerprint density at radius 3 is 2.36 bits per heavy atom. The van der Waals surface area contributed by atoms with Crippen LogP contribution in [0.2, 0.25) is 0 Å². The molecule has 1 amide bonds. The number of carbonyl (C=O) groups excluding carboxylic acids is 1. The zero-order valence-electron chi connectivity index (χ0n) is 12.5. The number of amides is 1. The summed E-state index contributed by atoms with van der Waals surface area (Å²) < 4.78 is 10.3. The standard InChI is InChI=1S/C18H19NO3/c1-3-15(13-14-7-5-4-6-8-14)19-18(20)22-17-11-9-16(21-2)10-12-17/h3-12,15H,1,13H2,2H3,(H,19,20). The summed E-state index contributed by atoms with van der Waals surface area (Å²) in [6.07, 6.45) is 1.86. The summed E-state index contributed by atoms with van der Waals surface area (Å²) in [4.78, 5) is 11.9. The molecule has 4 heteroatoms. The lowest BCUT2D eigenvalue weighted by Gasteiger charge is -2.15. The van der Waals surface area contributed by atoms with E-state index in [1.54, 1.807) is 37.5 Å². The Balaban J connectivity index is 1.90. The van der Waals surface area contributed by atoms with E-state index in [9.17, 15) is 4.79 Å². The first-order valence-corrected chi connectivity index (χ1v) is 7.00. The Bertz CT molecular complexity index is 608. The Morgan fingerprint density at radius 2 is 1.77 bits per heavy atom. The fourth-order valence-corrected chi connectivity index (χ4v) is 1.99. The van der Waals surface area contributed by atoms with E-state index in [1.807, 2.05) is 30.3 Å². The molecule has 114 valence electrons. The van der Waals surface area contributed by atoms with Crippen LogP contribution in [0, 0.1) is 0 Å². The Hall–Kier alpha value is -2.75. The van der Waals surface area contributed by atoms with Gasteiger partial charge in [-0.3, -0.25) is 0 Å². The van der Waals surface area contributed by atoms with E-state index in [-0.39, 0.29) is 6.04 Å². The van der Waals surface area contributed by atoms with Gasteiger partial charge in [-0.1, -0.05) is 36.4 Å². The van der Waals surface area contributed by atoms with Gasteiger partial charge in [0.05, 0.1) is 13.2 Å². The number of methoxy groups -OCH3 is 1. The Labute approximate surface area is 130 Å². The summed E-state index contributed by atoms with van der Waals surface area (Å²) in [5, 5.41) is 2.78. The summed E-state index contributed by atoms with van der Waals surface area (Å²) in [7, 11) is 1.58. The van der Waals surface area contributed by atoms with E-state index in [1.165, 1.54) is 0 Å². The minimum Gasteiger partial charge on any atom is -0.497 e. The average molecular weight is 297 g/mol. The molecule has 0 spiro atoms. The highest BCUT2D eigenvalue weighted by Gasteiger charge is 2.11. The predicted octanol–water partition coefficient (Wildman–Crippen LogP) is 3.58. The topological polar surface area (TPSA) is 47.6 Å². The molecule has 0 saturated heterocycles. The number of nitrogens with one attached hydrogen (secondary N) is 1. The maximum atomic E-state index is 11.9. The Kier molecular flexibility index (Phi) is 5.60. The molecule has 2 rings (SSSR count). The van der Waals surface area contributed by atoms with Crippen molar-refractivity contribution in [3.63, 3.8) is 0 Å². The molecule has 22 heavy (non-hydrogen) atoms. The summed E-state index contributed by atoms with van der Waals surface area (Å²) >= 11 is 0. The monoisotopic (exact) mass is 297 g/mol. The molecule has 1 unspecified atom stereocenters. The van der Waals surface area contributed by atoms with Crippen molar-refractivity contribution >= 4 is 6.09 Å². The van der Waals surface area contributed by atoms with Crippen LogP contribution >= 0.6 is 0 Å². The molecule has 2 aromatic rings. The molecule has 0 saturated carbocycles. The van der Waals surface area contributed by atoms with Gasteiger partial charge in [-0.2, -0.15) is 0 Å². The third-order valence-electron chi connectivity index (χ3n) is 3.16. The van der Waals surface area contributed by atoms with Crippen LogP contribution in [0.3, 0.4) is 0 Å². The lowest BCUT2D eigenvalue weighted by molar-refractivity contribution is 0.198. The minimum atomic E-state index is -0.508. The molecule has 0 fully saturated rings. The van der Waals surface area contributed by atoms with Crippen molar-refractivity contribution in [3.8, 4) is 11.5 Å². The number of hydrogen-bond donors (Lipinski definition) is 1. The molecular formula is C18H19NO3. The molecule has 2 aromatic carbocycles. The third kappa shape index (κ3) is 4.66. The maximum absolute atomic E-state index is 11.9. The fourth-order valence-electron chi connectivity index (χ4n) is 1.99. The second-order valence-electron chi connectivity index (χ2n) is 4.74. The second-order valence-corrected chi connectivity index (χ2v) is 4.74. The fraction of sp³-hybridized carbons (Fsp3) is 0.167. The number of carbonyl (C=O) groups is 1. The number of ether oxygens (including phenoxy) is 2. The van der Waals surface area contributed by atoms with Crippen LogP contribution in [-0.4, -0.2) is 19.2 Å². The van der Waals surface area contributed by atoms with Crippen LogP contribution in [-0.2, 0) is 6.42 Å². The normalized spacial score (nSPS) is 11.3. The molecule has 0 aliphatic carbocycles. The largest absolute Gasteiger partial charge is 0.497 e. The summed E-state index contributed by atoms with van der Waals surface area (Å²) in [5.41, 5.74) is 1.12. The highest BCUT2D eigenvalue weighted by Crippen LogP contribution is 2.17. The van der Waals surface area contributed by atoms with E-state index >= 15 is 0 Å². The summed E-state index contributed by atoms with van der Waals surface area (Å²) in [6, 6.07) is 16.5. The summed E-state index contributed by atoms with van der Waals surface area (Å²) in [5.74, 6) is 1.17. The van der Waals surface area contributed by atoms with Crippen molar-refractivity contribution in [1.82, 2.24) is 5.32 Å². The van der Waals surface area contributed by atoms with Crippen molar-refractivity contribution in [2.45, 2.75) is 12.5 Å². The number of hydrogen-bond acceptors (Lipinski definition) is 3. The van der Waals surface area contributed by atoms with E-state index in [4.69, 9.17) is 9.47 Å². The van der Waals surface area contributed by atoms with Crippen molar-refractivity contribution in [3.05, 3.63) is 72.8 Å². The van der Waals surface area contributed by atoms with Crippen molar-refractivity contribution < 1.29 is 14.3 Å². The number of rotatable bonds is 6. The molecule has 4 nitrogen and oxygen atoms in total. The van der Waals surface area contributed by atoms with Crippen LogP contribution in [0.15, 0.2) is 67.3 Å². The van der Waals surface area contributed by atoms with Gasteiger partial charge >= 0.3 is 6.09 Å². The van der Waals surface area contributed by atoms with Crippen molar-refractivity contribution in [2.24, 2.45) is 0 Å². The van der Waals surface area contributed by atoms with E-state index < -0.39 is 6.09 Å². The number of benzene rings is 2. The lowest BCUT2D eigenvalue weighted by Crippen LogP contribution is -2.36. The Morgan fingerprint density at radius 1 is 1.14 bits per heavy atom. The highest BCUT2D eigenvalue weighted by molar-refractivity contribution is 5.71. The van der Waals surface area contributed by atoms with Gasteiger partial charge in [0, 0.05) is 0 Å². The van der Waals surface area contributed by atoms with Crippen LogP contribution in [0.1, 0.15) is 5.56 Å². The van der Waals surface area contributed by atoms with Gasteiger partial charge < -0.3 is 14.8 Å². The van der Waals surface area contributed by atoms with Gasteiger partial charge in [-0.25, -0.2) is 4.79 Å². The van der Waals surface area contributed by atoms with Gasteiger partial charge in [0.25, 0.3) is 0 Å². The summed E-state index contributed by atoms with van der Waals surface area (Å²) in [6.45, 7) is 3.75. The minimum absolute atomic E-state index is 0.187. The zero-order chi connectivity index (χ0) is 15.8.